The summed E-state index contributed by atoms with van der Waals surface area (Å²) in [5.74, 6) is -1.19. The Morgan fingerprint density at radius 1 is 1.17 bits per heavy atom. The van der Waals surface area contributed by atoms with Crippen LogP contribution in [0.15, 0.2) is 60.5 Å². The molecule has 0 N–H and O–H groups in total. The number of hydrogen-bond acceptors (Lipinski definition) is 5. The van der Waals surface area contributed by atoms with Crippen LogP contribution in [0.25, 0.3) is 0 Å². The largest absolute Gasteiger partial charge is 0.744 e. The van der Waals surface area contributed by atoms with Crippen molar-refractivity contribution in [3.63, 3.8) is 0 Å². The maximum absolute atomic E-state index is 10.3. The Balaban J connectivity index is 0. The highest BCUT2D eigenvalue weighted by Crippen LogP contribution is 2.04. The van der Waals surface area contributed by atoms with Gasteiger partial charge in [0, 0.05) is 0 Å². The van der Waals surface area contributed by atoms with Crippen LogP contribution in [0, 0.1) is 0 Å². The minimum absolute atomic E-state index is 0.0648. The maximum Gasteiger partial charge on any atom is 0.124 e. The molecule has 1 rings (SSSR count). The van der Waals surface area contributed by atoms with Crippen LogP contribution in [0.5, 0.6) is 0 Å². The highest BCUT2D eigenvalue weighted by Gasteiger charge is 1.95. The van der Waals surface area contributed by atoms with Crippen LogP contribution in [-0.2, 0) is 14.9 Å². The van der Waals surface area contributed by atoms with Gasteiger partial charge in [0.05, 0.1) is 10.9 Å². The molecule has 18 heavy (non-hydrogen) atoms. The molecule has 0 unspecified atom stereocenters. The molecule has 0 aliphatic carbocycles. The molecule has 0 atom stereocenters. The summed E-state index contributed by atoms with van der Waals surface area (Å²) < 4.78 is 30.8. The molecule has 0 aliphatic heterocycles. The lowest BCUT2D eigenvalue weighted by Gasteiger charge is -2.04. The molecule has 0 heterocycles. The predicted octanol–water partition coefficient (Wildman–Crippen LogP) is 0.705. The van der Waals surface area contributed by atoms with Crippen molar-refractivity contribution in [2.24, 2.45) is 0 Å². The fourth-order valence-corrected chi connectivity index (χ4v) is 1.08. The zero-order chi connectivity index (χ0) is 14.8. The van der Waals surface area contributed by atoms with Crippen LogP contribution in [0.1, 0.15) is 6.92 Å². The van der Waals surface area contributed by atoms with Crippen LogP contribution >= 0.6 is 0 Å². The molecule has 0 fully saturated rings. The van der Waals surface area contributed by atoms with E-state index in [4.69, 9.17) is 0 Å². The second kappa shape index (κ2) is 9.15. The molecular formula is C12H14O5S-2. The normalized spacial score (nSPS) is 9.00. The van der Waals surface area contributed by atoms with Gasteiger partial charge in [-0.25, -0.2) is 8.42 Å². The second-order valence-corrected chi connectivity index (χ2v) is 4.21. The molecule has 0 bridgehead atoms. The Morgan fingerprint density at radius 2 is 1.50 bits per heavy atom. The van der Waals surface area contributed by atoms with Gasteiger partial charge in [-0.1, -0.05) is 24.8 Å². The zero-order valence-corrected chi connectivity index (χ0v) is 10.8. The number of hydrogen-bond donors (Lipinski definition) is 0. The van der Waals surface area contributed by atoms with Gasteiger partial charge in [-0.05, 0) is 24.6 Å². The van der Waals surface area contributed by atoms with Gasteiger partial charge in [0.15, 0.2) is 0 Å². The van der Waals surface area contributed by atoms with Crippen molar-refractivity contribution in [1.82, 2.24) is 0 Å². The number of benzene rings is 1. The first-order valence-electron chi connectivity index (χ1n) is 4.63. The van der Waals surface area contributed by atoms with Crippen molar-refractivity contribution in [3.05, 3.63) is 55.6 Å². The highest BCUT2D eigenvalue weighted by molar-refractivity contribution is 7.85. The maximum atomic E-state index is 10.3. The van der Waals surface area contributed by atoms with Gasteiger partial charge in [0.1, 0.15) is 10.1 Å². The summed E-state index contributed by atoms with van der Waals surface area (Å²) in [6.07, 6.45) is 0. The summed E-state index contributed by atoms with van der Waals surface area (Å²) >= 11 is 0. The lowest BCUT2D eigenvalue weighted by atomic mass is 10.4. The standard InChI is InChI=1S/C6H6O3S.C4H6O2.C2H4/c7-10(8,9)6-4-2-1-3-5-6;1-3(2)4(5)6;1-2/h1-5H,(H,7,8,9);1H2,2H3,(H,5,6);1-2H2/p-2. The lowest BCUT2D eigenvalue weighted by Crippen LogP contribution is -2.22. The van der Waals surface area contributed by atoms with Gasteiger partial charge in [0.25, 0.3) is 0 Å². The summed E-state index contributed by atoms with van der Waals surface area (Å²) in [5, 5.41) is 9.49. The number of aliphatic carboxylic acids is 1. The lowest BCUT2D eigenvalue weighted by molar-refractivity contribution is -0.299. The number of carbonyl (C=O) groups excluding carboxylic acids is 1. The Kier molecular flexibility index (Phi) is 9.37. The Morgan fingerprint density at radius 3 is 1.67 bits per heavy atom. The van der Waals surface area contributed by atoms with Crippen molar-refractivity contribution in [2.45, 2.75) is 11.8 Å². The molecule has 6 heteroatoms. The molecule has 5 nitrogen and oxygen atoms in total. The highest BCUT2D eigenvalue weighted by atomic mass is 32.2. The van der Waals surface area contributed by atoms with Gasteiger partial charge < -0.3 is 14.5 Å². The van der Waals surface area contributed by atoms with E-state index < -0.39 is 16.1 Å². The average Bonchev–Trinajstić information content (AvgIpc) is 2.32. The Bertz CT molecular complexity index is 464. The summed E-state index contributed by atoms with van der Waals surface area (Å²) in [5.41, 5.74) is 0.0648. The van der Waals surface area contributed by atoms with Gasteiger partial charge in [-0.2, -0.15) is 0 Å². The molecule has 100 valence electrons. The third-order valence-corrected chi connectivity index (χ3v) is 2.23. The van der Waals surface area contributed by atoms with Crippen molar-refractivity contribution < 1.29 is 22.9 Å². The topological polar surface area (TPSA) is 97.3 Å². The monoisotopic (exact) mass is 270 g/mol. The molecule has 0 radical (unpaired) electrons. The van der Waals surface area contributed by atoms with E-state index in [9.17, 15) is 22.9 Å². The smallest absolute Gasteiger partial charge is 0.124 e. The zero-order valence-electron chi connectivity index (χ0n) is 9.96. The number of rotatable bonds is 2. The van der Waals surface area contributed by atoms with E-state index in [1.807, 2.05) is 0 Å². The van der Waals surface area contributed by atoms with Crippen LogP contribution in [0.2, 0.25) is 0 Å². The summed E-state index contributed by atoms with van der Waals surface area (Å²) in [6, 6.07) is 7.19. The third kappa shape index (κ3) is 9.32. The SMILES string of the molecule is C=C.C=C(C)C(=O)[O-].O=S(=O)([O-])c1ccccc1. The van der Waals surface area contributed by atoms with Crippen molar-refractivity contribution in [2.75, 3.05) is 0 Å². The van der Waals surface area contributed by atoms with E-state index in [1.54, 1.807) is 6.07 Å². The van der Waals surface area contributed by atoms with Gasteiger partial charge in [-0.15, -0.1) is 13.2 Å². The summed E-state index contributed by atoms with van der Waals surface area (Å²) in [7, 11) is -4.25. The fraction of sp³-hybridized carbons (Fsp3) is 0.0833. The van der Waals surface area contributed by atoms with Crippen LogP contribution in [0.4, 0.5) is 0 Å². The predicted molar refractivity (Wildman–Crippen MR) is 65.5 cm³/mol. The molecule has 0 aliphatic rings. The first kappa shape index (κ1) is 18.4. The average molecular weight is 270 g/mol. The summed E-state index contributed by atoms with van der Waals surface area (Å²) in [6.45, 7) is 10.5. The quantitative estimate of drug-likeness (QED) is 0.447. The first-order chi connectivity index (χ1) is 8.25. The molecule has 0 aromatic heterocycles. The molecular weight excluding hydrogens is 256 g/mol. The first-order valence-corrected chi connectivity index (χ1v) is 6.03. The molecule has 1 aromatic carbocycles. The number of carbonyl (C=O) groups is 1. The minimum atomic E-state index is -4.25. The third-order valence-electron chi connectivity index (χ3n) is 1.38. The van der Waals surface area contributed by atoms with Crippen LogP contribution in [0.3, 0.4) is 0 Å². The van der Waals surface area contributed by atoms with Gasteiger partial charge in [-0.3, -0.25) is 0 Å². The van der Waals surface area contributed by atoms with E-state index in [0.29, 0.717) is 0 Å². The van der Waals surface area contributed by atoms with E-state index >= 15 is 0 Å². The van der Waals surface area contributed by atoms with Crippen LogP contribution in [-0.4, -0.2) is 18.9 Å². The minimum Gasteiger partial charge on any atom is -0.744 e. The molecule has 1 aromatic rings. The van der Waals surface area contributed by atoms with E-state index in [0.717, 1.165) is 0 Å². The molecule has 0 spiro atoms. The summed E-state index contributed by atoms with van der Waals surface area (Å²) in [4.78, 5) is 9.30. The fourth-order valence-electron chi connectivity index (χ4n) is 0.587. The Labute approximate surface area is 107 Å². The Hall–Kier alpha value is -1.92. The van der Waals surface area contributed by atoms with Crippen molar-refractivity contribution in [1.29, 1.82) is 0 Å². The molecule has 0 saturated heterocycles. The van der Waals surface area contributed by atoms with E-state index in [2.05, 4.69) is 19.7 Å². The number of carboxylic acid groups (broad SMARTS) is 1. The van der Waals surface area contributed by atoms with Crippen LogP contribution < -0.4 is 5.11 Å². The van der Waals surface area contributed by atoms with Gasteiger partial charge in [0.2, 0.25) is 0 Å². The second-order valence-electron chi connectivity index (χ2n) is 2.83. The molecule has 0 saturated carbocycles. The van der Waals surface area contributed by atoms with E-state index in [-0.39, 0.29) is 10.5 Å². The number of carboxylic acids is 1. The van der Waals surface area contributed by atoms with Crippen molar-refractivity contribution >= 4 is 16.1 Å². The van der Waals surface area contributed by atoms with Gasteiger partial charge >= 0.3 is 0 Å². The van der Waals surface area contributed by atoms with E-state index in [1.165, 1.54) is 31.2 Å². The molecule has 0 amide bonds. The van der Waals surface area contributed by atoms with Crippen molar-refractivity contribution in [3.8, 4) is 0 Å².